The first-order valence-electron chi connectivity index (χ1n) is 3.85. The molecule has 0 spiro atoms. The Morgan fingerprint density at radius 1 is 1.33 bits per heavy atom. The third-order valence-electron chi connectivity index (χ3n) is 1.72. The average Bonchev–Trinajstić information content (AvgIpc) is 2.49. The van der Waals surface area contributed by atoms with Crippen molar-refractivity contribution in [1.82, 2.24) is 15.4 Å². The van der Waals surface area contributed by atoms with E-state index in [1.165, 1.54) is 0 Å². The molecule has 0 saturated carbocycles. The minimum atomic E-state index is 0.368. The molecule has 0 fully saturated rings. The number of nitrogens with zero attached hydrogens (tertiary/aromatic N) is 3. The van der Waals surface area contributed by atoms with E-state index < -0.39 is 0 Å². The highest BCUT2D eigenvalue weighted by Gasteiger charge is 2.05. The molecule has 0 aliphatic carbocycles. The second-order valence-corrected chi connectivity index (χ2v) is 3.00. The second-order valence-electron chi connectivity index (χ2n) is 3.00. The van der Waals surface area contributed by atoms with E-state index in [-0.39, 0.29) is 0 Å². The fourth-order valence-electron chi connectivity index (χ4n) is 0.976. The van der Waals surface area contributed by atoms with Gasteiger partial charge in [0, 0.05) is 6.07 Å². The molecule has 12 heavy (non-hydrogen) atoms. The molecule has 0 atom stereocenters. The van der Waals surface area contributed by atoms with Gasteiger partial charge >= 0.3 is 0 Å². The van der Waals surface area contributed by atoms with Crippen molar-refractivity contribution in [2.24, 2.45) is 0 Å². The van der Waals surface area contributed by atoms with Gasteiger partial charge in [-0.05, 0) is 5.92 Å². The Bertz CT molecular complexity index is 394. The van der Waals surface area contributed by atoms with E-state index >= 15 is 0 Å². The van der Waals surface area contributed by atoms with Gasteiger partial charge in [-0.15, -0.1) is 5.10 Å². The van der Waals surface area contributed by atoms with Gasteiger partial charge in [0.15, 0.2) is 11.1 Å². The molecule has 0 aliphatic rings. The Morgan fingerprint density at radius 2 is 2.17 bits per heavy atom. The smallest absolute Gasteiger partial charge is 0.189 e. The number of rotatable bonds is 1. The second kappa shape index (κ2) is 2.55. The van der Waals surface area contributed by atoms with Crippen molar-refractivity contribution in [3.8, 4) is 0 Å². The van der Waals surface area contributed by atoms with Crippen LogP contribution in [0.3, 0.4) is 0 Å². The molecule has 0 radical (unpaired) electrons. The van der Waals surface area contributed by atoms with Crippen LogP contribution < -0.4 is 0 Å². The zero-order valence-corrected chi connectivity index (χ0v) is 6.98. The molecule has 4 nitrogen and oxygen atoms in total. The van der Waals surface area contributed by atoms with Crippen LogP contribution in [-0.2, 0) is 0 Å². The molecular weight excluding hydrogens is 154 g/mol. The molecule has 4 heteroatoms. The SMILES string of the molecule is CC(C)c1cc2oncc2nn1. The largest absolute Gasteiger partial charge is 0.354 e. The lowest BCUT2D eigenvalue weighted by Crippen LogP contribution is -1.93. The number of hydrogen-bond donors (Lipinski definition) is 0. The quantitative estimate of drug-likeness (QED) is 0.642. The van der Waals surface area contributed by atoms with Gasteiger partial charge in [-0.1, -0.05) is 19.0 Å². The molecule has 2 rings (SSSR count). The van der Waals surface area contributed by atoms with E-state index in [1.54, 1.807) is 6.20 Å². The molecular formula is C8H9N3O. The van der Waals surface area contributed by atoms with Crippen LogP contribution >= 0.6 is 0 Å². The molecule has 0 unspecified atom stereocenters. The summed E-state index contributed by atoms with van der Waals surface area (Å²) in [6, 6.07) is 1.88. The first-order valence-corrected chi connectivity index (χ1v) is 3.85. The minimum absolute atomic E-state index is 0.368. The van der Waals surface area contributed by atoms with E-state index in [0.29, 0.717) is 17.0 Å². The van der Waals surface area contributed by atoms with Crippen molar-refractivity contribution < 1.29 is 4.52 Å². The van der Waals surface area contributed by atoms with Crippen molar-refractivity contribution in [2.45, 2.75) is 19.8 Å². The van der Waals surface area contributed by atoms with E-state index in [4.69, 9.17) is 4.52 Å². The molecule has 0 N–H and O–H groups in total. The molecule has 2 heterocycles. The van der Waals surface area contributed by atoms with E-state index in [2.05, 4.69) is 29.2 Å². The van der Waals surface area contributed by atoms with Gasteiger partial charge in [0.25, 0.3) is 0 Å². The van der Waals surface area contributed by atoms with Crippen LogP contribution in [-0.4, -0.2) is 15.4 Å². The molecule has 2 aromatic heterocycles. The van der Waals surface area contributed by atoms with E-state index in [0.717, 1.165) is 5.69 Å². The van der Waals surface area contributed by atoms with Crippen molar-refractivity contribution >= 4 is 11.1 Å². The van der Waals surface area contributed by atoms with Gasteiger partial charge in [-0.3, -0.25) is 0 Å². The number of fused-ring (bicyclic) bond motifs is 1. The molecule has 0 saturated heterocycles. The Balaban J connectivity index is 2.60. The van der Waals surface area contributed by atoms with Gasteiger partial charge in [0.2, 0.25) is 0 Å². The Morgan fingerprint density at radius 3 is 2.92 bits per heavy atom. The molecule has 0 amide bonds. The summed E-state index contributed by atoms with van der Waals surface area (Å²) in [5.41, 5.74) is 2.34. The monoisotopic (exact) mass is 163 g/mol. The summed E-state index contributed by atoms with van der Waals surface area (Å²) in [6.07, 6.45) is 1.56. The highest BCUT2D eigenvalue weighted by Crippen LogP contribution is 2.15. The van der Waals surface area contributed by atoms with E-state index in [1.807, 2.05) is 6.07 Å². The number of hydrogen-bond acceptors (Lipinski definition) is 4. The summed E-state index contributed by atoms with van der Waals surface area (Å²) in [7, 11) is 0. The van der Waals surface area contributed by atoms with Crippen LogP contribution in [0, 0.1) is 0 Å². The third kappa shape index (κ3) is 1.05. The lowest BCUT2D eigenvalue weighted by Gasteiger charge is -1.99. The van der Waals surface area contributed by atoms with Gasteiger partial charge in [-0.2, -0.15) is 5.10 Å². The standard InChI is InChI=1S/C8H9N3O/c1-5(2)6-3-8-7(11-10-6)4-9-12-8/h3-5H,1-2H3. The topological polar surface area (TPSA) is 51.8 Å². The van der Waals surface area contributed by atoms with Crippen LogP contribution in [0.2, 0.25) is 0 Å². The van der Waals surface area contributed by atoms with Gasteiger partial charge in [0.1, 0.15) is 0 Å². The van der Waals surface area contributed by atoms with Gasteiger partial charge in [-0.25, -0.2) is 0 Å². The zero-order chi connectivity index (χ0) is 8.55. The van der Waals surface area contributed by atoms with Crippen molar-refractivity contribution in [2.75, 3.05) is 0 Å². The molecule has 0 aromatic carbocycles. The Kier molecular flexibility index (Phi) is 1.53. The summed E-state index contributed by atoms with van der Waals surface area (Å²) >= 11 is 0. The maximum Gasteiger partial charge on any atom is 0.189 e. The lowest BCUT2D eigenvalue weighted by atomic mass is 10.1. The number of aromatic nitrogens is 3. The average molecular weight is 163 g/mol. The summed E-state index contributed by atoms with van der Waals surface area (Å²) in [4.78, 5) is 0. The predicted octanol–water partition coefficient (Wildman–Crippen LogP) is 1.74. The highest BCUT2D eigenvalue weighted by atomic mass is 16.5. The lowest BCUT2D eigenvalue weighted by molar-refractivity contribution is 0.455. The van der Waals surface area contributed by atoms with Crippen LogP contribution in [0.1, 0.15) is 25.5 Å². The first-order chi connectivity index (χ1) is 5.77. The highest BCUT2D eigenvalue weighted by molar-refractivity contribution is 5.70. The van der Waals surface area contributed by atoms with Crippen LogP contribution in [0.5, 0.6) is 0 Å². The first kappa shape index (κ1) is 7.21. The molecule has 0 bridgehead atoms. The van der Waals surface area contributed by atoms with Crippen molar-refractivity contribution in [3.63, 3.8) is 0 Å². The van der Waals surface area contributed by atoms with Crippen LogP contribution in [0.4, 0.5) is 0 Å². The Labute approximate surface area is 69.6 Å². The third-order valence-corrected chi connectivity index (χ3v) is 1.72. The Hall–Kier alpha value is -1.45. The zero-order valence-electron chi connectivity index (χ0n) is 6.98. The summed E-state index contributed by atoms with van der Waals surface area (Å²) in [5, 5.41) is 11.6. The van der Waals surface area contributed by atoms with Crippen molar-refractivity contribution in [3.05, 3.63) is 18.0 Å². The maximum absolute atomic E-state index is 4.96. The van der Waals surface area contributed by atoms with Crippen LogP contribution in [0.15, 0.2) is 16.8 Å². The minimum Gasteiger partial charge on any atom is -0.354 e. The van der Waals surface area contributed by atoms with E-state index in [9.17, 15) is 0 Å². The summed E-state index contributed by atoms with van der Waals surface area (Å²) in [5.74, 6) is 0.368. The van der Waals surface area contributed by atoms with Crippen molar-refractivity contribution in [1.29, 1.82) is 0 Å². The van der Waals surface area contributed by atoms with Crippen LogP contribution in [0.25, 0.3) is 11.1 Å². The normalized spacial score (nSPS) is 11.2. The maximum atomic E-state index is 4.96. The molecule has 62 valence electrons. The predicted molar refractivity (Wildman–Crippen MR) is 43.7 cm³/mol. The fraction of sp³-hybridized carbons (Fsp3) is 0.375. The summed E-state index contributed by atoms with van der Waals surface area (Å²) in [6.45, 7) is 4.12. The fourth-order valence-corrected chi connectivity index (χ4v) is 0.976. The molecule has 0 aliphatic heterocycles. The summed E-state index contributed by atoms with van der Waals surface area (Å²) < 4.78 is 4.96. The van der Waals surface area contributed by atoms with Gasteiger partial charge in [0.05, 0.1) is 11.9 Å². The molecule has 2 aromatic rings. The van der Waals surface area contributed by atoms with Gasteiger partial charge < -0.3 is 4.52 Å².